The van der Waals surface area contributed by atoms with Gasteiger partial charge in [-0.15, -0.1) is 0 Å². The van der Waals surface area contributed by atoms with E-state index < -0.39 is 5.97 Å². The minimum atomic E-state index is -0.665. The molecule has 1 saturated carbocycles. The van der Waals surface area contributed by atoms with Crippen molar-refractivity contribution in [2.24, 2.45) is 5.92 Å². The molecule has 2 atom stereocenters. The van der Waals surface area contributed by atoms with Crippen LogP contribution in [0.3, 0.4) is 0 Å². The minimum absolute atomic E-state index is 0.210. The number of carboxylic acid groups (broad SMARTS) is 1. The van der Waals surface area contributed by atoms with Gasteiger partial charge in [-0.2, -0.15) is 0 Å². The molecule has 1 aliphatic rings. The van der Waals surface area contributed by atoms with Gasteiger partial charge in [-0.05, 0) is 36.8 Å². The van der Waals surface area contributed by atoms with E-state index in [1.165, 1.54) is 10.8 Å². The molecule has 2 aromatic carbocycles. The van der Waals surface area contributed by atoms with Gasteiger partial charge in [0.1, 0.15) is 0 Å². The number of benzene rings is 2. The molecule has 0 saturated heterocycles. The first-order valence-electron chi connectivity index (χ1n) is 7.32. The van der Waals surface area contributed by atoms with Crippen LogP contribution in [0.25, 0.3) is 10.8 Å². The summed E-state index contributed by atoms with van der Waals surface area (Å²) in [5, 5.41) is 15.1. The van der Waals surface area contributed by atoms with Crippen LogP contribution in [0, 0.1) is 5.92 Å². The van der Waals surface area contributed by atoms with Gasteiger partial charge in [0.25, 0.3) is 0 Å². The predicted molar refractivity (Wildman–Crippen MR) is 88.7 cm³/mol. The predicted octanol–water partition coefficient (Wildman–Crippen LogP) is 4.66. The number of carboxylic acids is 1. The highest BCUT2D eigenvalue weighted by Gasteiger charge is 2.27. The highest BCUT2D eigenvalue weighted by atomic mass is 79.9. The Labute approximate surface area is 132 Å². The number of carbonyl (C=O) groups is 1. The summed E-state index contributed by atoms with van der Waals surface area (Å²) in [5.74, 6) is -0.875. The molecule has 0 spiro atoms. The van der Waals surface area contributed by atoms with Crippen molar-refractivity contribution in [3.8, 4) is 0 Å². The van der Waals surface area contributed by atoms with E-state index in [0.717, 1.165) is 29.4 Å². The average molecular weight is 348 g/mol. The Morgan fingerprint density at radius 1 is 1.14 bits per heavy atom. The summed E-state index contributed by atoms with van der Waals surface area (Å²) < 4.78 is 1.08. The third-order valence-corrected chi connectivity index (χ3v) is 4.95. The smallest absolute Gasteiger partial charge is 0.306 e. The Morgan fingerprint density at radius 3 is 2.67 bits per heavy atom. The van der Waals surface area contributed by atoms with Crippen LogP contribution in [0.1, 0.15) is 25.7 Å². The largest absolute Gasteiger partial charge is 0.481 e. The molecule has 21 heavy (non-hydrogen) atoms. The van der Waals surface area contributed by atoms with E-state index in [1.54, 1.807) is 0 Å². The lowest BCUT2D eigenvalue weighted by Gasteiger charge is -2.28. The normalized spacial score (nSPS) is 22.1. The Balaban J connectivity index is 1.85. The lowest BCUT2D eigenvalue weighted by atomic mass is 9.85. The van der Waals surface area contributed by atoms with Gasteiger partial charge >= 0.3 is 5.97 Å². The summed E-state index contributed by atoms with van der Waals surface area (Å²) >= 11 is 3.58. The van der Waals surface area contributed by atoms with Crippen molar-refractivity contribution in [3.63, 3.8) is 0 Å². The van der Waals surface area contributed by atoms with Gasteiger partial charge in [0.05, 0.1) is 5.92 Å². The van der Waals surface area contributed by atoms with E-state index in [9.17, 15) is 9.90 Å². The molecule has 0 amide bonds. The van der Waals surface area contributed by atoms with E-state index in [2.05, 4.69) is 39.4 Å². The van der Waals surface area contributed by atoms with Crippen LogP contribution in [0.5, 0.6) is 0 Å². The molecular formula is C17H18BrNO2. The molecule has 3 rings (SSSR count). The maximum absolute atomic E-state index is 11.2. The zero-order valence-electron chi connectivity index (χ0n) is 11.7. The molecule has 2 unspecified atom stereocenters. The molecule has 2 N–H and O–H groups in total. The zero-order valence-corrected chi connectivity index (χ0v) is 13.3. The van der Waals surface area contributed by atoms with Gasteiger partial charge in [-0.3, -0.25) is 4.79 Å². The van der Waals surface area contributed by atoms with Crippen LogP contribution in [-0.2, 0) is 4.79 Å². The van der Waals surface area contributed by atoms with E-state index in [1.807, 2.05) is 18.2 Å². The Bertz CT molecular complexity index is 671. The van der Waals surface area contributed by atoms with Crippen LogP contribution in [0.4, 0.5) is 5.69 Å². The summed E-state index contributed by atoms with van der Waals surface area (Å²) in [4.78, 5) is 11.2. The van der Waals surface area contributed by atoms with E-state index >= 15 is 0 Å². The number of halogens is 1. The second kappa shape index (κ2) is 6.06. The molecule has 2 aromatic rings. The second-order valence-electron chi connectivity index (χ2n) is 5.68. The van der Waals surface area contributed by atoms with Crippen LogP contribution in [0.2, 0.25) is 0 Å². The Kier molecular flexibility index (Phi) is 4.15. The summed E-state index contributed by atoms with van der Waals surface area (Å²) in [7, 11) is 0. The van der Waals surface area contributed by atoms with Crippen molar-refractivity contribution in [3.05, 3.63) is 40.9 Å². The van der Waals surface area contributed by atoms with Crippen LogP contribution in [-0.4, -0.2) is 17.1 Å². The third-order valence-electron chi connectivity index (χ3n) is 4.25. The van der Waals surface area contributed by atoms with E-state index in [0.29, 0.717) is 6.42 Å². The summed E-state index contributed by atoms with van der Waals surface area (Å²) in [6.45, 7) is 0. The van der Waals surface area contributed by atoms with Gasteiger partial charge in [0.15, 0.2) is 0 Å². The molecule has 4 heteroatoms. The van der Waals surface area contributed by atoms with Gasteiger partial charge in [0, 0.05) is 21.6 Å². The van der Waals surface area contributed by atoms with Crippen LogP contribution in [0.15, 0.2) is 40.9 Å². The third kappa shape index (κ3) is 3.05. The molecule has 0 bridgehead atoms. The highest BCUT2D eigenvalue weighted by molar-refractivity contribution is 9.10. The van der Waals surface area contributed by atoms with Crippen molar-refractivity contribution >= 4 is 38.4 Å². The molecule has 110 valence electrons. The Morgan fingerprint density at radius 2 is 1.90 bits per heavy atom. The second-order valence-corrected chi connectivity index (χ2v) is 6.54. The molecule has 3 nitrogen and oxygen atoms in total. The lowest BCUT2D eigenvalue weighted by Crippen LogP contribution is -2.31. The first-order valence-corrected chi connectivity index (χ1v) is 8.11. The van der Waals surface area contributed by atoms with Crippen molar-refractivity contribution < 1.29 is 9.90 Å². The fourth-order valence-electron chi connectivity index (χ4n) is 3.15. The van der Waals surface area contributed by atoms with Gasteiger partial charge < -0.3 is 10.4 Å². The molecular weight excluding hydrogens is 330 g/mol. The van der Waals surface area contributed by atoms with Crippen LogP contribution >= 0.6 is 15.9 Å². The number of hydrogen-bond donors (Lipinski definition) is 2. The minimum Gasteiger partial charge on any atom is -0.481 e. The molecule has 1 aliphatic carbocycles. The zero-order chi connectivity index (χ0) is 14.8. The SMILES string of the molecule is O=C(O)C1CCCC(Nc2ccc(Br)c3ccccc23)C1. The first-order chi connectivity index (χ1) is 10.1. The number of fused-ring (bicyclic) bond motifs is 1. The van der Waals surface area contributed by atoms with Gasteiger partial charge in [-0.25, -0.2) is 0 Å². The van der Waals surface area contributed by atoms with Crippen molar-refractivity contribution in [1.29, 1.82) is 0 Å². The number of nitrogens with one attached hydrogen (secondary N) is 1. The standard InChI is InChI=1S/C17H18BrNO2/c18-15-8-9-16(14-7-2-1-6-13(14)15)19-12-5-3-4-11(10-12)17(20)21/h1-2,6-9,11-12,19H,3-5,10H2,(H,20,21). The van der Waals surface area contributed by atoms with Crippen LogP contribution < -0.4 is 5.32 Å². The monoisotopic (exact) mass is 347 g/mol. The van der Waals surface area contributed by atoms with Crippen molar-refractivity contribution in [2.75, 3.05) is 5.32 Å². The maximum atomic E-state index is 11.2. The molecule has 0 heterocycles. The quantitative estimate of drug-likeness (QED) is 0.848. The number of rotatable bonds is 3. The molecule has 0 aliphatic heterocycles. The fraction of sp³-hybridized carbons (Fsp3) is 0.353. The summed E-state index contributed by atoms with van der Waals surface area (Å²) in [5.41, 5.74) is 1.09. The highest BCUT2D eigenvalue weighted by Crippen LogP contribution is 2.33. The lowest BCUT2D eigenvalue weighted by molar-refractivity contribution is -0.142. The van der Waals surface area contributed by atoms with Gasteiger partial charge in [-0.1, -0.05) is 46.6 Å². The number of aliphatic carboxylic acids is 1. The number of hydrogen-bond acceptors (Lipinski definition) is 2. The topological polar surface area (TPSA) is 49.3 Å². The first kappa shape index (κ1) is 14.4. The summed E-state index contributed by atoms with van der Waals surface area (Å²) in [6, 6.07) is 12.6. The summed E-state index contributed by atoms with van der Waals surface area (Å²) in [6.07, 6.45) is 3.52. The van der Waals surface area contributed by atoms with Crippen molar-refractivity contribution in [2.45, 2.75) is 31.7 Å². The molecule has 0 radical (unpaired) electrons. The number of anilines is 1. The molecule has 1 fully saturated rings. The van der Waals surface area contributed by atoms with E-state index in [-0.39, 0.29) is 12.0 Å². The van der Waals surface area contributed by atoms with E-state index in [4.69, 9.17) is 0 Å². The molecule has 0 aromatic heterocycles. The van der Waals surface area contributed by atoms with Crippen molar-refractivity contribution in [1.82, 2.24) is 0 Å². The van der Waals surface area contributed by atoms with Gasteiger partial charge in [0.2, 0.25) is 0 Å². The average Bonchev–Trinajstić information content (AvgIpc) is 2.51. The fourth-order valence-corrected chi connectivity index (χ4v) is 3.63. The Hall–Kier alpha value is -1.55. The maximum Gasteiger partial charge on any atom is 0.306 e.